The van der Waals surface area contributed by atoms with E-state index in [1.807, 2.05) is 42.5 Å². The highest BCUT2D eigenvalue weighted by Gasteiger charge is 2.16. The van der Waals surface area contributed by atoms with Crippen molar-refractivity contribution in [3.05, 3.63) is 78.9 Å². The van der Waals surface area contributed by atoms with Gasteiger partial charge in [0.2, 0.25) is 0 Å². The maximum atomic E-state index is 5.83. The fourth-order valence-electron chi connectivity index (χ4n) is 2.73. The summed E-state index contributed by atoms with van der Waals surface area (Å²) in [7, 11) is 0. The van der Waals surface area contributed by atoms with Crippen molar-refractivity contribution in [2.24, 2.45) is 5.92 Å². The van der Waals surface area contributed by atoms with Gasteiger partial charge in [-0.05, 0) is 30.0 Å². The lowest BCUT2D eigenvalue weighted by Crippen LogP contribution is -2.27. The Morgan fingerprint density at radius 1 is 1.04 bits per heavy atom. The lowest BCUT2D eigenvalue weighted by atomic mass is 9.93. The van der Waals surface area contributed by atoms with Crippen LogP contribution in [0.15, 0.2) is 73.3 Å². The Bertz CT molecular complexity index is 553. The highest BCUT2D eigenvalue weighted by atomic mass is 16.5. The van der Waals surface area contributed by atoms with Crippen LogP contribution < -0.4 is 5.32 Å². The van der Waals surface area contributed by atoms with Crippen LogP contribution in [0.3, 0.4) is 0 Å². The normalized spacial score (nSPS) is 13.3. The predicted molar refractivity (Wildman–Crippen MR) is 98.5 cm³/mol. The molecule has 2 rings (SSSR count). The van der Waals surface area contributed by atoms with E-state index in [-0.39, 0.29) is 6.04 Å². The van der Waals surface area contributed by atoms with Gasteiger partial charge in [0.1, 0.15) is 0 Å². The molecule has 23 heavy (non-hydrogen) atoms. The molecule has 0 heterocycles. The molecule has 0 fully saturated rings. The van der Waals surface area contributed by atoms with Crippen molar-refractivity contribution in [3.8, 4) is 0 Å². The molecule has 0 bridgehead atoms. The number of rotatable bonds is 10. The second-order valence-electron chi connectivity index (χ2n) is 5.77. The summed E-state index contributed by atoms with van der Waals surface area (Å²) in [4.78, 5) is 0. The summed E-state index contributed by atoms with van der Waals surface area (Å²) < 4.78 is 5.83. The summed E-state index contributed by atoms with van der Waals surface area (Å²) in [5.41, 5.74) is 2.37. The average molecular weight is 309 g/mol. The number of nitrogens with one attached hydrogen (secondary N) is 1. The van der Waals surface area contributed by atoms with Gasteiger partial charge in [0.05, 0.1) is 6.61 Å². The smallest absolute Gasteiger partial charge is 0.0716 e. The summed E-state index contributed by atoms with van der Waals surface area (Å²) in [5, 5.41) is 3.56. The van der Waals surface area contributed by atoms with Gasteiger partial charge in [0, 0.05) is 18.3 Å². The van der Waals surface area contributed by atoms with E-state index in [9.17, 15) is 0 Å². The first kappa shape index (κ1) is 17.3. The van der Waals surface area contributed by atoms with E-state index < -0.39 is 0 Å². The van der Waals surface area contributed by atoms with E-state index in [1.165, 1.54) is 5.56 Å². The highest BCUT2D eigenvalue weighted by Crippen LogP contribution is 2.19. The molecule has 0 aliphatic heterocycles. The molecule has 122 valence electrons. The van der Waals surface area contributed by atoms with Crippen molar-refractivity contribution in [3.63, 3.8) is 0 Å². The topological polar surface area (TPSA) is 21.3 Å². The molecule has 0 amide bonds. The van der Waals surface area contributed by atoms with Crippen molar-refractivity contribution < 1.29 is 4.74 Å². The molecule has 0 aliphatic rings. The second-order valence-corrected chi connectivity index (χ2v) is 5.77. The number of hydrogen-bond acceptors (Lipinski definition) is 2. The maximum absolute atomic E-state index is 5.83. The van der Waals surface area contributed by atoms with Crippen molar-refractivity contribution in [1.82, 2.24) is 0 Å². The minimum Gasteiger partial charge on any atom is -0.379 e. The fraction of sp³-hybridized carbons (Fsp3) is 0.333. The van der Waals surface area contributed by atoms with E-state index in [0.29, 0.717) is 12.5 Å². The molecule has 0 radical (unpaired) electrons. The third-order valence-corrected chi connectivity index (χ3v) is 4.14. The molecule has 0 aliphatic carbocycles. The zero-order valence-electron chi connectivity index (χ0n) is 13.9. The maximum Gasteiger partial charge on any atom is 0.0716 e. The lowest BCUT2D eigenvalue weighted by Gasteiger charge is -2.25. The van der Waals surface area contributed by atoms with Gasteiger partial charge in [-0.1, -0.05) is 68.0 Å². The molecular weight excluding hydrogens is 282 g/mol. The summed E-state index contributed by atoms with van der Waals surface area (Å²) in [6.07, 6.45) is 4.14. The van der Waals surface area contributed by atoms with Gasteiger partial charge in [-0.15, -0.1) is 6.58 Å². The first-order chi connectivity index (χ1) is 11.3. The van der Waals surface area contributed by atoms with Gasteiger partial charge in [0.25, 0.3) is 0 Å². The molecule has 0 spiro atoms. The van der Waals surface area contributed by atoms with Crippen LogP contribution in [0.4, 0.5) is 5.69 Å². The third kappa shape index (κ3) is 5.91. The van der Waals surface area contributed by atoms with Gasteiger partial charge >= 0.3 is 0 Å². The van der Waals surface area contributed by atoms with Crippen LogP contribution in [0.25, 0.3) is 0 Å². The Kier molecular flexibility index (Phi) is 7.41. The van der Waals surface area contributed by atoms with Crippen LogP contribution in [0.5, 0.6) is 0 Å². The standard InChI is InChI=1S/C21H27NO/c1-3-19(15-16-23-17-18-11-7-5-8-12-18)21(4-2)22-20-13-9-6-10-14-20/h4-14,19,21-22H,2-3,15-17H2,1H3/t19-,21+/m1/s1. The van der Waals surface area contributed by atoms with Crippen LogP contribution in [-0.4, -0.2) is 12.6 Å². The second kappa shape index (κ2) is 9.86. The number of para-hydroxylation sites is 1. The zero-order valence-corrected chi connectivity index (χ0v) is 13.9. The Balaban J connectivity index is 1.79. The molecule has 0 saturated heterocycles. The first-order valence-electron chi connectivity index (χ1n) is 8.39. The van der Waals surface area contributed by atoms with Gasteiger partial charge in [-0.2, -0.15) is 0 Å². The van der Waals surface area contributed by atoms with E-state index in [4.69, 9.17) is 4.74 Å². The monoisotopic (exact) mass is 309 g/mol. The molecule has 0 saturated carbocycles. The Hall–Kier alpha value is -2.06. The largest absolute Gasteiger partial charge is 0.379 e. The van der Waals surface area contributed by atoms with E-state index in [2.05, 4.69) is 43.1 Å². The van der Waals surface area contributed by atoms with Crippen molar-refractivity contribution in [2.45, 2.75) is 32.4 Å². The minimum atomic E-state index is 0.266. The summed E-state index contributed by atoms with van der Waals surface area (Å²) in [5.74, 6) is 0.517. The van der Waals surface area contributed by atoms with Gasteiger partial charge in [-0.25, -0.2) is 0 Å². The zero-order chi connectivity index (χ0) is 16.3. The molecule has 2 atom stereocenters. The summed E-state index contributed by atoms with van der Waals surface area (Å²) in [6, 6.07) is 20.9. The van der Waals surface area contributed by atoms with E-state index in [0.717, 1.165) is 25.1 Å². The first-order valence-corrected chi connectivity index (χ1v) is 8.39. The summed E-state index contributed by atoms with van der Waals surface area (Å²) in [6.45, 7) is 7.68. The van der Waals surface area contributed by atoms with Crippen LogP contribution in [0.1, 0.15) is 25.3 Å². The SMILES string of the molecule is C=C[C@H](Nc1ccccc1)[C@H](CC)CCOCc1ccccc1. The number of hydrogen-bond donors (Lipinski definition) is 1. The Labute approximate surface area is 140 Å². The molecule has 2 aromatic carbocycles. The molecule has 0 aromatic heterocycles. The Morgan fingerprint density at radius 2 is 1.70 bits per heavy atom. The van der Waals surface area contributed by atoms with E-state index in [1.54, 1.807) is 0 Å². The molecule has 2 aromatic rings. The van der Waals surface area contributed by atoms with Crippen LogP contribution in [0.2, 0.25) is 0 Å². The van der Waals surface area contributed by atoms with Gasteiger partial charge in [-0.3, -0.25) is 0 Å². The quantitative estimate of drug-likeness (QED) is 0.476. The molecule has 1 N–H and O–H groups in total. The number of ether oxygens (including phenoxy) is 1. The van der Waals surface area contributed by atoms with Crippen molar-refractivity contribution in [1.29, 1.82) is 0 Å². The van der Waals surface area contributed by atoms with Crippen LogP contribution in [0, 0.1) is 5.92 Å². The number of anilines is 1. The highest BCUT2D eigenvalue weighted by molar-refractivity contribution is 5.44. The minimum absolute atomic E-state index is 0.266. The predicted octanol–water partition coefficient (Wildman–Crippen LogP) is 5.29. The number of benzene rings is 2. The van der Waals surface area contributed by atoms with E-state index >= 15 is 0 Å². The van der Waals surface area contributed by atoms with Crippen molar-refractivity contribution >= 4 is 5.69 Å². The molecule has 2 nitrogen and oxygen atoms in total. The third-order valence-electron chi connectivity index (χ3n) is 4.14. The average Bonchev–Trinajstić information content (AvgIpc) is 2.62. The fourth-order valence-corrected chi connectivity index (χ4v) is 2.73. The molecule has 0 unspecified atom stereocenters. The summed E-state index contributed by atoms with van der Waals surface area (Å²) >= 11 is 0. The molecular formula is C21H27NO. The Morgan fingerprint density at radius 3 is 2.30 bits per heavy atom. The lowest BCUT2D eigenvalue weighted by molar-refractivity contribution is 0.106. The van der Waals surface area contributed by atoms with Gasteiger partial charge < -0.3 is 10.1 Å². The van der Waals surface area contributed by atoms with Gasteiger partial charge in [0.15, 0.2) is 0 Å². The van der Waals surface area contributed by atoms with Crippen LogP contribution >= 0.6 is 0 Å². The van der Waals surface area contributed by atoms with Crippen molar-refractivity contribution in [2.75, 3.05) is 11.9 Å². The van der Waals surface area contributed by atoms with Crippen LogP contribution in [-0.2, 0) is 11.3 Å². The molecule has 2 heteroatoms.